The van der Waals surface area contributed by atoms with Crippen molar-refractivity contribution in [2.24, 2.45) is 5.10 Å². The highest BCUT2D eigenvalue weighted by Crippen LogP contribution is 2.28. The first-order valence-electron chi connectivity index (χ1n) is 7.21. The molecule has 2 aromatic rings. The number of nitro groups is 2. The number of hydrazone groups is 1. The van der Waals surface area contributed by atoms with Crippen LogP contribution >= 0.6 is 0 Å². The highest BCUT2D eigenvalue weighted by Gasteiger charge is 2.18. The number of hydrogen-bond acceptors (Lipinski definition) is 6. The number of nitro benzene ring substituents is 2. The average molecular weight is 307 g/mol. The summed E-state index contributed by atoms with van der Waals surface area (Å²) in [4.78, 5) is 19.8. The van der Waals surface area contributed by atoms with E-state index in [-0.39, 0.29) is 0 Å². The summed E-state index contributed by atoms with van der Waals surface area (Å²) in [7, 11) is 0. The van der Waals surface area contributed by atoms with Gasteiger partial charge in [-0.25, -0.2) is 4.39 Å². The molecule has 2 aromatic carbocycles. The van der Waals surface area contributed by atoms with Crippen LogP contribution in [0.3, 0.4) is 0 Å². The van der Waals surface area contributed by atoms with Crippen LogP contribution in [0.2, 0.25) is 0 Å². The molecule has 0 amide bonds. The van der Waals surface area contributed by atoms with Crippen LogP contribution in [-0.2, 0) is 0 Å². The standard InChI is InChI=1S/C13H9FN4O4/c14-10-3-1-9(2-4-10)8-15-16-12-6-5-11(17(19)20)7-13(12)18(21)22/h1-8,16H/i5D,6D,7D. The SMILES string of the molecule is [2H]c1c([2H])c([N+](=O)[O-])c([2H])c([N+](=O)[O-])c1NN=Cc1ccc(F)cc1. The van der Waals surface area contributed by atoms with Crippen molar-refractivity contribution in [3.8, 4) is 0 Å². The fourth-order valence-corrected chi connectivity index (χ4v) is 1.42. The van der Waals surface area contributed by atoms with Crippen LogP contribution in [0.15, 0.2) is 47.5 Å². The van der Waals surface area contributed by atoms with Gasteiger partial charge in [0.1, 0.15) is 11.5 Å². The molecule has 0 saturated heterocycles. The summed E-state index contributed by atoms with van der Waals surface area (Å²) in [5.41, 5.74) is -0.204. The lowest BCUT2D eigenvalue weighted by molar-refractivity contribution is -0.393. The number of halogens is 1. The Hall–Kier alpha value is -3.36. The van der Waals surface area contributed by atoms with Crippen molar-refractivity contribution in [2.45, 2.75) is 0 Å². The zero-order valence-electron chi connectivity index (χ0n) is 13.7. The second-order valence-corrected chi connectivity index (χ2v) is 3.88. The number of rotatable bonds is 5. The summed E-state index contributed by atoms with van der Waals surface area (Å²) in [5, 5.41) is 25.7. The van der Waals surface area contributed by atoms with Gasteiger partial charge in [0.15, 0.2) is 0 Å². The Kier molecular flexibility index (Phi) is 3.29. The van der Waals surface area contributed by atoms with E-state index >= 15 is 0 Å². The van der Waals surface area contributed by atoms with E-state index in [0.29, 0.717) is 5.56 Å². The van der Waals surface area contributed by atoms with Gasteiger partial charge in [-0.3, -0.25) is 25.7 Å². The van der Waals surface area contributed by atoms with Crippen molar-refractivity contribution < 1.29 is 18.3 Å². The third kappa shape index (κ3) is 3.60. The van der Waals surface area contributed by atoms with Crippen molar-refractivity contribution in [3.05, 3.63) is 74.0 Å². The highest BCUT2D eigenvalue weighted by atomic mass is 19.1. The molecule has 9 heteroatoms. The van der Waals surface area contributed by atoms with Gasteiger partial charge in [0.05, 0.1) is 26.2 Å². The fraction of sp³-hybridized carbons (Fsp3) is 0. The molecule has 1 N–H and O–H groups in total. The Bertz CT molecular complexity index is 890. The smallest absolute Gasteiger partial charge is 0.272 e. The summed E-state index contributed by atoms with van der Waals surface area (Å²) in [6, 6.07) is 2.18. The van der Waals surface area contributed by atoms with E-state index in [4.69, 9.17) is 4.11 Å². The zero-order chi connectivity index (χ0) is 18.7. The van der Waals surface area contributed by atoms with Gasteiger partial charge in [-0.05, 0) is 23.7 Å². The Labute approximate surface area is 127 Å². The quantitative estimate of drug-likeness (QED) is 0.518. The van der Waals surface area contributed by atoms with Crippen LogP contribution in [0.1, 0.15) is 9.68 Å². The lowest BCUT2D eigenvalue weighted by atomic mass is 10.2. The summed E-state index contributed by atoms with van der Waals surface area (Å²) < 4.78 is 35.7. The van der Waals surface area contributed by atoms with Gasteiger partial charge in [-0.2, -0.15) is 5.10 Å². The molecule has 0 atom stereocenters. The average Bonchev–Trinajstić information content (AvgIpc) is 2.53. The van der Waals surface area contributed by atoms with Crippen LogP contribution in [0, 0.1) is 26.0 Å². The summed E-state index contributed by atoms with van der Waals surface area (Å²) in [6.45, 7) is 0. The Morgan fingerprint density at radius 3 is 2.45 bits per heavy atom. The van der Waals surface area contributed by atoms with E-state index in [9.17, 15) is 24.6 Å². The number of benzene rings is 2. The molecular weight excluding hydrogens is 295 g/mol. The molecule has 22 heavy (non-hydrogen) atoms. The Morgan fingerprint density at radius 2 is 1.86 bits per heavy atom. The molecule has 0 radical (unpaired) electrons. The van der Waals surface area contributed by atoms with Crippen LogP contribution in [0.4, 0.5) is 21.5 Å². The zero-order valence-corrected chi connectivity index (χ0v) is 10.7. The van der Waals surface area contributed by atoms with E-state index in [1.165, 1.54) is 12.1 Å². The monoisotopic (exact) mass is 307 g/mol. The first-order valence-corrected chi connectivity index (χ1v) is 5.71. The maximum absolute atomic E-state index is 12.8. The summed E-state index contributed by atoms with van der Waals surface area (Å²) >= 11 is 0. The Morgan fingerprint density at radius 1 is 1.18 bits per heavy atom. The van der Waals surface area contributed by atoms with Gasteiger partial charge in [0.25, 0.3) is 5.69 Å². The van der Waals surface area contributed by atoms with Gasteiger partial charge >= 0.3 is 5.69 Å². The van der Waals surface area contributed by atoms with Gasteiger partial charge in [-0.1, -0.05) is 12.1 Å². The molecule has 112 valence electrons. The lowest BCUT2D eigenvalue weighted by Gasteiger charge is -2.01. The lowest BCUT2D eigenvalue weighted by Crippen LogP contribution is -1.98. The minimum Gasteiger partial charge on any atom is -0.272 e. The van der Waals surface area contributed by atoms with Crippen molar-refractivity contribution in [1.29, 1.82) is 0 Å². The second-order valence-electron chi connectivity index (χ2n) is 3.88. The molecule has 0 heterocycles. The minimum atomic E-state index is -1.13. The first-order chi connectivity index (χ1) is 11.7. The largest absolute Gasteiger partial charge is 0.301 e. The predicted octanol–water partition coefficient (Wildman–Crippen LogP) is 3.09. The van der Waals surface area contributed by atoms with Crippen LogP contribution in [0.25, 0.3) is 0 Å². The van der Waals surface area contributed by atoms with Crippen molar-refractivity contribution in [3.63, 3.8) is 0 Å². The van der Waals surface area contributed by atoms with Crippen LogP contribution in [0.5, 0.6) is 0 Å². The summed E-state index contributed by atoms with van der Waals surface area (Å²) in [5.74, 6) is -0.470. The number of nitrogens with zero attached hydrogens (tertiary/aromatic N) is 3. The summed E-state index contributed by atoms with van der Waals surface area (Å²) in [6.07, 6.45) is 1.16. The van der Waals surface area contributed by atoms with E-state index in [0.717, 1.165) is 18.3 Å². The highest BCUT2D eigenvalue weighted by molar-refractivity contribution is 5.80. The minimum absolute atomic E-state index is 0.433. The third-order valence-electron chi connectivity index (χ3n) is 2.40. The van der Waals surface area contributed by atoms with Gasteiger partial charge in [0.2, 0.25) is 0 Å². The molecule has 8 nitrogen and oxygen atoms in total. The molecule has 0 fully saturated rings. The van der Waals surface area contributed by atoms with E-state index in [1.807, 2.05) is 0 Å². The molecular formula is C13H9FN4O4. The van der Waals surface area contributed by atoms with Crippen LogP contribution < -0.4 is 5.43 Å². The third-order valence-corrected chi connectivity index (χ3v) is 2.40. The number of hydrogen-bond donors (Lipinski definition) is 1. The molecule has 0 aliphatic heterocycles. The van der Waals surface area contributed by atoms with Gasteiger partial charge in [0, 0.05) is 6.04 Å². The predicted molar refractivity (Wildman–Crippen MR) is 77.4 cm³/mol. The number of nitrogens with one attached hydrogen (secondary N) is 1. The van der Waals surface area contributed by atoms with E-state index in [1.54, 1.807) is 0 Å². The van der Waals surface area contributed by atoms with E-state index in [2.05, 4.69) is 10.5 Å². The van der Waals surface area contributed by atoms with Crippen molar-refractivity contribution in [2.75, 3.05) is 5.43 Å². The molecule has 0 aromatic heterocycles. The van der Waals surface area contributed by atoms with E-state index < -0.39 is 50.9 Å². The maximum atomic E-state index is 12.8. The fourth-order valence-electron chi connectivity index (χ4n) is 1.42. The maximum Gasteiger partial charge on any atom is 0.301 e. The molecule has 0 aliphatic rings. The Balaban J connectivity index is 2.48. The van der Waals surface area contributed by atoms with Crippen molar-refractivity contribution in [1.82, 2.24) is 0 Å². The molecule has 0 aliphatic carbocycles. The second kappa shape index (κ2) is 6.39. The molecule has 0 bridgehead atoms. The molecule has 2 rings (SSSR count). The molecule has 0 unspecified atom stereocenters. The molecule has 0 spiro atoms. The molecule has 0 saturated carbocycles. The topological polar surface area (TPSA) is 111 Å². The first kappa shape index (κ1) is 11.3. The van der Waals surface area contributed by atoms with Gasteiger partial charge < -0.3 is 0 Å². The number of anilines is 1. The van der Waals surface area contributed by atoms with Crippen molar-refractivity contribution >= 4 is 23.3 Å². The normalized spacial score (nSPS) is 12.5. The van der Waals surface area contributed by atoms with Crippen LogP contribution in [-0.4, -0.2) is 16.1 Å². The van der Waals surface area contributed by atoms with Gasteiger partial charge in [-0.15, -0.1) is 0 Å².